The van der Waals surface area contributed by atoms with Gasteiger partial charge in [-0.05, 0) is 0 Å². The third kappa shape index (κ3) is 3.83. The van der Waals surface area contributed by atoms with Crippen molar-refractivity contribution in [2.24, 2.45) is 0 Å². The molecule has 0 aliphatic rings. The molecule has 0 aromatic heterocycles. The van der Waals surface area contributed by atoms with Gasteiger partial charge < -0.3 is 12.9 Å². The number of hydrogen-bond acceptors (Lipinski definition) is 0. The van der Waals surface area contributed by atoms with Gasteiger partial charge in [-0.1, -0.05) is 24.3 Å². The third-order valence-electron chi connectivity index (χ3n) is 1.40. The Bertz CT molecular complexity index is 314. The van der Waals surface area contributed by atoms with E-state index in [1.54, 1.807) is 0 Å². The van der Waals surface area contributed by atoms with E-state index in [2.05, 4.69) is 4.85 Å². The monoisotopic (exact) mass is 209 g/mol. The fourth-order valence-corrected chi connectivity index (χ4v) is 0.767. The minimum atomic E-state index is -4.93. The quantitative estimate of drug-likeness (QED) is 0.425. The van der Waals surface area contributed by atoms with Crippen LogP contribution in [0.4, 0.5) is 18.6 Å². The van der Waals surface area contributed by atoms with Crippen molar-refractivity contribution in [1.82, 2.24) is 0 Å². The SMILES string of the molecule is [C-]#[N+]c1ccc([B-](F)(F)F)cc1.[K+]. The van der Waals surface area contributed by atoms with Gasteiger partial charge in [0.1, 0.15) is 0 Å². The molecule has 0 bridgehead atoms. The van der Waals surface area contributed by atoms with E-state index in [0.717, 1.165) is 24.3 Å². The van der Waals surface area contributed by atoms with E-state index in [1.165, 1.54) is 0 Å². The molecule has 0 saturated heterocycles. The summed E-state index contributed by atoms with van der Waals surface area (Å²) >= 11 is 0. The van der Waals surface area contributed by atoms with E-state index >= 15 is 0 Å². The van der Waals surface area contributed by atoms with Crippen molar-refractivity contribution < 1.29 is 64.3 Å². The van der Waals surface area contributed by atoms with Crippen LogP contribution in [0.25, 0.3) is 4.85 Å². The van der Waals surface area contributed by atoms with Gasteiger partial charge in [0, 0.05) is 0 Å². The average molecular weight is 209 g/mol. The van der Waals surface area contributed by atoms with Crippen LogP contribution in [-0.4, -0.2) is 6.98 Å². The van der Waals surface area contributed by atoms with E-state index < -0.39 is 12.4 Å². The number of hydrogen-bond donors (Lipinski definition) is 0. The number of halogens is 3. The van der Waals surface area contributed by atoms with E-state index in [9.17, 15) is 12.9 Å². The van der Waals surface area contributed by atoms with Gasteiger partial charge in [0.15, 0.2) is 5.69 Å². The number of benzene rings is 1. The molecule has 0 aliphatic heterocycles. The van der Waals surface area contributed by atoms with Crippen LogP contribution in [0.5, 0.6) is 0 Å². The second-order valence-electron chi connectivity index (χ2n) is 2.28. The van der Waals surface area contributed by atoms with E-state index in [-0.39, 0.29) is 57.1 Å². The van der Waals surface area contributed by atoms with Gasteiger partial charge in [-0.15, -0.1) is 5.46 Å². The largest absolute Gasteiger partial charge is 1.00 e. The molecule has 1 nitrogen and oxygen atoms in total. The Morgan fingerprint density at radius 2 is 1.54 bits per heavy atom. The molecule has 13 heavy (non-hydrogen) atoms. The van der Waals surface area contributed by atoms with Crippen molar-refractivity contribution in [2.75, 3.05) is 0 Å². The molecule has 1 aromatic carbocycles. The average Bonchev–Trinajstić information content (AvgIpc) is 2.03. The molecule has 1 aromatic rings. The zero-order valence-electron chi connectivity index (χ0n) is 6.97. The first-order valence-corrected chi connectivity index (χ1v) is 3.21. The Kier molecular flexibility index (Phi) is 5.25. The van der Waals surface area contributed by atoms with Crippen molar-refractivity contribution in [1.29, 1.82) is 0 Å². The summed E-state index contributed by atoms with van der Waals surface area (Å²) in [5.41, 5.74) is -0.443. The second-order valence-corrected chi connectivity index (χ2v) is 2.28. The van der Waals surface area contributed by atoms with Crippen LogP contribution in [-0.2, 0) is 0 Å². The zero-order chi connectivity index (χ0) is 9.19. The van der Waals surface area contributed by atoms with Crippen LogP contribution in [0.2, 0.25) is 0 Å². The van der Waals surface area contributed by atoms with Crippen LogP contribution in [0.3, 0.4) is 0 Å². The Morgan fingerprint density at radius 1 is 1.08 bits per heavy atom. The molecule has 1 rings (SSSR count). The second kappa shape index (κ2) is 5.17. The fraction of sp³-hybridized carbons (Fsp3) is 0. The topological polar surface area (TPSA) is 4.36 Å². The van der Waals surface area contributed by atoms with Gasteiger partial charge in [-0.25, -0.2) is 4.85 Å². The van der Waals surface area contributed by atoms with Crippen LogP contribution < -0.4 is 56.8 Å². The molecule has 6 heteroatoms. The molecule has 0 saturated carbocycles. The fourth-order valence-electron chi connectivity index (χ4n) is 0.767. The summed E-state index contributed by atoms with van der Waals surface area (Å²) in [6.07, 6.45) is 0. The molecule has 0 amide bonds. The Balaban J connectivity index is 0.00000144. The van der Waals surface area contributed by atoms with Crippen LogP contribution >= 0.6 is 0 Å². The van der Waals surface area contributed by atoms with Crippen LogP contribution in [0, 0.1) is 6.57 Å². The van der Waals surface area contributed by atoms with E-state index in [0.29, 0.717) is 0 Å². The zero-order valence-corrected chi connectivity index (χ0v) is 10.1. The normalized spacial score (nSPS) is 10.0. The maximum absolute atomic E-state index is 12.0. The summed E-state index contributed by atoms with van der Waals surface area (Å²) in [6.45, 7) is 1.59. The Hall–Kier alpha value is 0.201. The van der Waals surface area contributed by atoms with Crippen LogP contribution in [0.1, 0.15) is 0 Å². The summed E-state index contributed by atoms with van der Waals surface area (Å²) in [7, 11) is 0. The molecule has 0 spiro atoms. The maximum atomic E-state index is 12.0. The molecule has 0 N–H and O–H groups in total. The molecule has 0 fully saturated rings. The van der Waals surface area contributed by atoms with Crippen molar-refractivity contribution in [3.05, 3.63) is 35.7 Å². The molecular formula is C7H4BF3KN. The Labute approximate surface area is 117 Å². The summed E-state index contributed by atoms with van der Waals surface area (Å²) < 4.78 is 36.0. The van der Waals surface area contributed by atoms with Crippen molar-refractivity contribution in [3.63, 3.8) is 0 Å². The van der Waals surface area contributed by atoms with Crippen LogP contribution in [0.15, 0.2) is 24.3 Å². The minimum Gasteiger partial charge on any atom is -0.445 e. The van der Waals surface area contributed by atoms with Crippen molar-refractivity contribution in [2.45, 2.75) is 0 Å². The summed E-state index contributed by atoms with van der Waals surface area (Å²) in [4.78, 5) is 2.98. The smallest absolute Gasteiger partial charge is 0.445 e. The van der Waals surface area contributed by atoms with Crippen molar-refractivity contribution in [3.8, 4) is 0 Å². The van der Waals surface area contributed by atoms with Gasteiger partial charge >= 0.3 is 58.4 Å². The van der Waals surface area contributed by atoms with Gasteiger partial charge in [0.2, 0.25) is 0 Å². The summed E-state index contributed by atoms with van der Waals surface area (Å²) in [5.74, 6) is 0. The molecule has 0 heterocycles. The van der Waals surface area contributed by atoms with Gasteiger partial charge in [0.05, 0.1) is 6.57 Å². The van der Waals surface area contributed by atoms with Gasteiger partial charge in [-0.2, -0.15) is 0 Å². The summed E-state index contributed by atoms with van der Waals surface area (Å²) in [6, 6.07) is 4.18. The maximum Gasteiger partial charge on any atom is 1.00 e. The first kappa shape index (κ1) is 13.2. The molecule has 0 unspecified atom stereocenters. The van der Waals surface area contributed by atoms with E-state index in [4.69, 9.17) is 6.57 Å². The van der Waals surface area contributed by atoms with Gasteiger partial charge in [0.25, 0.3) is 0 Å². The number of nitrogens with zero attached hydrogens (tertiary/aromatic N) is 1. The predicted octanol–water partition coefficient (Wildman–Crippen LogP) is -0.704. The molecule has 0 aliphatic carbocycles. The first-order chi connectivity index (χ1) is 5.54. The minimum absolute atomic E-state index is 0. The number of rotatable bonds is 1. The Morgan fingerprint density at radius 3 is 1.85 bits per heavy atom. The summed E-state index contributed by atoms with van der Waals surface area (Å²) in [5, 5.41) is 0. The van der Waals surface area contributed by atoms with E-state index in [1.807, 2.05) is 0 Å². The third-order valence-corrected chi connectivity index (χ3v) is 1.40. The first-order valence-electron chi connectivity index (χ1n) is 3.21. The molecule has 0 radical (unpaired) electrons. The molecular weight excluding hydrogens is 205 g/mol. The standard InChI is InChI=1S/C7H4BF3N.K/c1-12-7-4-2-6(3-5-7)8(9,10)11;/h2-5H;/q-1;+1. The van der Waals surface area contributed by atoms with Crippen molar-refractivity contribution >= 4 is 18.1 Å². The molecule has 0 atom stereocenters. The van der Waals surface area contributed by atoms with Gasteiger partial charge in [-0.3, -0.25) is 0 Å². The molecule has 62 valence electrons. The predicted molar refractivity (Wildman–Crippen MR) is 41.4 cm³/mol.